The first-order valence-electron chi connectivity index (χ1n) is 12.1. The van der Waals surface area contributed by atoms with Crippen LogP contribution in [0.2, 0.25) is 0 Å². The number of carboxylic acids is 1. The maximum absolute atomic E-state index is 14.2. The first-order valence-corrected chi connectivity index (χ1v) is 12.1. The lowest BCUT2D eigenvalue weighted by atomic mass is 9.89. The number of nitrogens with zero attached hydrogens (tertiary/aromatic N) is 1. The molecular formula is C26H32F2N2O6. The Morgan fingerprint density at radius 1 is 1.17 bits per heavy atom. The van der Waals surface area contributed by atoms with Gasteiger partial charge in [-0.2, -0.15) is 4.98 Å². The number of halogens is 2. The minimum atomic E-state index is -2.84. The minimum Gasteiger partial charge on any atom is -0.481 e. The highest BCUT2D eigenvalue weighted by Gasteiger charge is 2.40. The molecule has 196 valence electrons. The highest BCUT2D eigenvalue weighted by molar-refractivity contribution is 5.84. The second kappa shape index (κ2) is 11.4. The lowest BCUT2D eigenvalue weighted by molar-refractivity contribution is -0.145. The Balaban J connectivity index is 1.77. The second-order valence-electron chi connectivity index (χ2n) is 9.15. The molecule has 10 heteroatoms. The van der Waals surface area contributed by atoms with Gasteiger partial charge in [-0.3, -0.25) is 0 Å². The Morgan fingerprint density at radius 3 is 2.50 bits per heavy atom. The third-order valence-electron chi connectivity index (χ3n) is 6.93. The number of methoxy groups -OCH3 is 2. The third-order valence-corrected chi connectivity index (χ3v) is 6.93. The summed E-state index contributed by atoms with van der Waals surface area (Å²) < 4.78 is 50.3. The van der Waals surface area contributed by atoms with Crippen molar-refractivity contribution in [2.24, 2.45) is 0 Å². The molecule has 0 spiro atoms. The zero-order valence-electron chi connectivity index (χ0n) is 20.5. The quantitative estimate of drug-likeness (QED) is 0.453. The lowest BCUT2D eigenvalue weighted by Crippen LogP contribution is -2.50. The summed E-state index contributed by atoms with van der Waals surface area (Å²) >= 11 is 0. The first kappa shape index (κ1) is 26.1. The summed E-state index contributed by atoms with van der Waals surface area (Å²) in [5, 5.41) is 13.1. The lowest BCUT2D eigenvalue weighted by Gasteiger charge is -2.35. The van der Waals surface area contributed by atoms with Crippen molar-refractivity contribution in [2.75, 3.05) is 32.8 Å². The minimum absolute atomic E-state index is 0.103. The standard InChI is InChI=1S/C26H32F2N2O6/c1-33-21-14-20(22(23(27)28)24(29-21)34-2)19-8-7-17(13-16(19)15-36-18-5-3-4-6-18)30-26(25(31)32)9-11-35-12-10-26/h7-8,13-14,18,23,30H,3-6,9-12,15H2,1-2H3,(H,31,32). The molecule has 2 aliphatic rings. The molecule has 1 saturated heterocycles. The predicted octanol–water partition coefficient (Wildman–Crippen LogP) is 5.21. The average Bonchev–Trinajstić information content (AvgIpc) is 3.41. The van der Waals surface area contributed by atoms with Gasteiger partial charge in [0.2, 0.25) is 11.8 Å². The Labute approximate surface area is 208 Å². The van der Waals surface area contributed by atoms with Crippen molar-refractivity contribution in [2.45, 2.75) is 63.2 Å². The van der Waals surface area contributed by atoms with Crippen molar-refractivity contribution >= 4 is 11.7 Å². The van der Waals surface area contributed by atoms with E-state index in [9.17, 15) is 18.7 Å². The van der Waals surface area contributed by atoms with Gasteiger partial charge in [-0.15, -0.1) is 0 Å². The maximum Gasteiger partial charge on any atom is 0.329 e. The highest BCUT2D eigenvalue weighted by Crippen LogP contribution is 2.41. The molecule has 1 aliphatic carbocycles. The molecule has 2 N–H and O–H groups in total. The molecule has 4 rings (SSSR count). The number of hydrogen-bond donors (Lipinski definition) is 2. The summed E-state index contributed by atoms with van der Waals surface area (Å²) in [4.78, 5) is 16.2. The van der Waals surface area contributed by atoms with Gasteiger partial charge in [0.15, 0.2) is 0 Å². The van der Waals surface area contributed by atoms with Crippen molar-refractivity contribution < 1.29 is 37.6 Å². The second-order valence-corrected chi connectivity index (χ2v) is 9.15. The van der Waals surface area contributed by atoms with E-state index in [0.29, 0.717) is 42.9 Å². The first-order chi connectivity index (χ1) is 17.4. The van der Waals surface area contributed by atoms with Crippen LogP contribution in [0.4, 0.5) is 14.5 Å². The number of carbonyl (C=O) groups is 1. The Hall–Kier alpha value is -2.98. The van der Waals surface area contributed by atoms with Crippen LogP contribution in [0.25, 0.3) is 11.1 Å². The van der Waals surface area contributed by atoms with E-state index in [1.807, 2.05) is 0 Å². The number of hydrogen-bond acceptors (Lipinski definition) is 7. The molecule has 2 aromatic rings. The molecule has 1 saturated carbocycles. The van der Waals surface area contributed by atoms with Gasteiger partial charge in [0, 0.05) is 43.4 Å². The normalized spacial score (nSPS) is 17.8. The molecule has 0 radical (unpaired) electrons. The molecule has 36 heavy (non-hydrogen) atoms. The largest absolute Gasteiger partial charge is 0.481 e. The number of carboxylic acid groups (broad SMARTS) is 1. The van der Waals surface area contributed by atoms with Gasteiger partial charge in [-0.05, 0) is 36.1 Å². The summed E-state index contributed by atoms with van der Waals surface area (Å²) in [5.74, 6) is -1.03. The predicted molar refractivity (Wildman–Crippen MR) is 129 cm³/mol. The molecular weight excluding hydrogens is 474 g/mol. The van der Waals surface area contributed by atoms with Crippen molar-refractivity contribution in [1.82, 2.24) is 4.98 Å². The number of ether oxygens (including phenoxy) is 4. The fraction of sp³-hybridized carbons (Fsp3) is 0.538. The number of benzene rings is 1. The average molecular weight is 507 g/mol. The molecule has 0 unspecified atom stereocenters. The van der Waals surface area contributed by atoms with Crippen molar-refractivity contribution in [3.63, 3.8) is 0 Å². The number of pyridine rings is 1. The van der Waals surface area contributed by atoms with E-state index >= 15 is 0 Å². The Morgan fingerprint density at radius 2 is 1.89 bits per heavy atom. The summed E-state index contributed by atoms with van der Waals surface area (Å²) in [7, 11) is 2.69. The Kier molecular flexibility index (Phi) is 8.25. The van der Waals surface area contributed by atoms with Crippen molar-refractivity contribution in [3.05, 3.63) is 35.4 Å². The van der Waals surface area contributed by atoms with Gasteiger partial charge in [0.05, 0.1) is 32.5 Å². The van der Waals surface area contributed by atoms with Gasteiger partial charge < -0.3 is 29.4 Å². The number of aliphatic carboxylic acids is 1. The molecule has 2 heterocycles. The van der Waals surface area contributed by atoms with Gasteiger partial charge in [0.25, 0.3) is 6.43 Å². The van der Waals surface area contributed by atoms with E-state index in [0.717, 1.165) is 25.7 Å². The van der Waals surface area contributed by atoms with E-state index in [4.69, 9.17) is 18.9 Å². The van der Waals surface area contributed by atoms with E-state index in [1.54, 1.807) is 18.2 Å². The number of anilines is 1. The summed E-state index contributed by atoms with van der Waals surface area (Å²) in [6.45, 7) is 0.862. The Bertz CT molecular complexity index is 1070. The third kappa shape index (κ3) is 5.54. The van der Waals surface area contributed by atoms with Crippen LogP contribution in [0, 0.1) is 0 Å². The molecule has 1 aromatic carbocycles. The number of nitrogens with one attached hydrogen (secondary N) is 1. The van der Waals surface area contributed by atoms with Crippen LogP contribution in [0.15, 0.2) is 24.3 Å². The fourth-order valence-electron chi connectivity index (χ4n) is 4.91. The van der Waals surface area contributed by atoms with E-state index < -0.39 is 17.9 Å². The number of alkyl halides is 2. The van der Waals surface area contributed by atoms with Crippen molar-refractivity contribution in [3.8, 4) is 22.9 Å². The summed E-state index contributed by atoms with van der Waals surface area (Å²) in [6.07, 6.45) is 1.98. The molecule has 0 bridgehead atoms. The topological polar surface area (TPSA) is 99.1 Å². The zero-order chi connectivity index (χ0) is 25.7. The van der Waals surface area contributed by atoms with Crippen LogP contribution in [-0.2, 0) is 20.9 Å². The monoisotopic (exact) mass is 506 g/mol. The van der Waals surface area contributed by atoms with Crippen LogP contribution >= 0.6 is 0 Å². The van der Waals surface area contributed by atoms with Gasteiger partial charge in [-0.1, -0.05) is 18.9 Å². The van der Waals surface area contributed by atoms with E-state index in [1.165, 1.54) is 20.3 Å². The van der Waals surface area contributed by atoms with Gasteiger partial charge in [0.1, 0.15) is 5.54 Å². The van der Waals surface area contributed by atoms with E-state index in [-0.39, 0.29) is 35.6 Å². The maximum atomic E-state index is 14.2. The van der Waals surface area contributed by atoms with Crippen LogP contribution in [0.3, 0.4) is 0 Å². The molecule has 2 fully saturated rings. The van der Waals surface area contributed by atoms with Gasteiger partial charge in [-0.25, -0.2) is 13.6 Å². The van der Waals surface area contributed by atoms with Crippen LogP contribution in [-0.4, -0.2) is 55.1 Å². The van der Waals surface area contributed by atoms with Crippen LogP contribution in [0.5, 0.6) is 11.8 Å². The zero-order valence-corrected chi connectivity index (χ0v) is 20.5. The molecule has 1 aromatic heterocycles. The molecule has 0 amide bonds. The smallest absolute Gasteiger partial charge is 0.329 e. The summed E-state index contributed by atoms with van der Waals surface area (Å²) in [6, 6.07) is 6.63. The molecule has 0 atom stereocenters. The summed E-state index contributed by atoms with van der Waals surface area (Å²) in [5.41, 5.74) is 0.457. The van der Waals surface area contributed by atoms with E-state index in [2.05, 4.69) is 10.3 Å². The molecule has 8 nitrogen and oxygen atoms in total. The fourth-order valence-corrected chi connectivity index (χ4v) is 4.91. The van der Waals surface area contributed by atoms with Crippen LogP contribution < -0.4 is 14.8 Å². The number of aromatic nitrogens is 1. The van der Waals surface area contributed by atoms with Gasteiger partial charge >= 0.3 is 5.97 Å². The number of rotatable bonds is 10. The van der Waals surface area contributed by atoms with Crippen molar-refractivity contribution in [1.29, 1.82) is 0 Å². The molecule has 1 aliphatic heterocycles. The van der Waals surface area contributed by atoms with Crippen LogP contribution in [0.1, 0.15) is 56.1 Å². The highest BCUT2D eigenvalue weighted by atomic mass is 19.3. The SMILES string of the molecule is COc1cc(-c2ccc(NC3(C(=O)O)CCOCC3)cc2COC2CCCC2)c(C(F)F)c(OC)n1.